The minimum Gasteiger partial charge on any atom is -0.348 e. The van der Waals surface area contributed by atoms with Crippen LogP contribution in [-0.2, 0) is 0 Å². The Labute approximate surface area is 106 Å². The van der Waals surface area contributed by atoms with Crippen molar-refractivity contribution in [2.45, 2.75) is 40.2 Å². The number of hydrogen-bond acceptors (Lipinski definition) is 4. The lowest BCUT2D eigenvalue weighted by molar-refractivity contribution is 0.625. The Hall–Kier alpha value is -2.09. The molecule has 0 saturated carbocycles. The smallest absolute Gasteiger partial charge is 0.243 e. The molecule has 1 N–H and O–H groups in total. The second-order valence-electron chi connectivity index (χ2n) is 5.48. The van der Waals surface area contributed by atoms with E-state index in [2.05, 4.69) is 21.5 Å². The molecular formula is C13H17N5. The summed E-state index contributed by atoms with van der Waals surface area (Å²) in [6, 6.07) is 4.01. The zero-order valence-corrected chi connectivity index (χ0v) is 11.4. The van der Waals surface area contributed by atoms with Crippen molar-refractivity contribution in [3.63, 3.8) is 0 Å². The predicted molar refractivity (Wildman–Crippen MR) is 70.6 cm³/mol. The molecule has 0 aromatic carbocycles. The molecular weight excluding hydrogens is 226 g/mol. The van der Waals surface area contributed by atoms with Crippen LogP contribution in [0.2, 0.25) is 0 Å². The summed E-state index contributed by atoms with van der Waals surface area (Å²) >= 11 is 0. The SMILES string of the molecule is Cc1cc(C#N)c2nc(NC(C)(C)C)nn2c1C. The third-order valence-corrected chi connectivity index (χ3v) is 2.70. The maximum absolute atomic E-state index is 9.14. The van der Waals surface area contributed by atoms with Crippen LogP contribution in [0, 0.1) is 25.2 Å². The Morgan fingerprint density at radius 1 is 1.33 bits per heavy atom. The highest BCUT2D eigenvalue weighted by molar-refractivity contribution is 5.59. The summed E-state index contributed by atoms with van der Waals surface area (Å²) in [7, 11) is 0. The van der Waals surface area contributed by atoms with Crippen LogP contribution in [0.1, 0.15) is 37.6 Å². The van der Waals surface area contributed by atoms with Crippen LogP contribution >= 0.6 is 0 Å². The zero-order valence-electron chi connectivity index (χ0n) is 11.4. The Balaban J connectivity index is 2.64. The Bertz CT molecular complexity index is 640. The van der Waals surface area contributed by atoms with Crippen molar-refractivity contribution in [1.82, 2.24) is 14.6 Å². The summed E-state index contributed by atoms with van der Waals surface area (Å²) in [5.41, 5.74) is 3.07. The highest BCUT2D eigenvalue weighted by Gasteiger charge is 2.16. The first kappa shape index (κ1) is 12.4. The van der Waals surface area contributed by atoms with Gasteiger partial charge in [0.05, 0.1) is 5.56 Å². The molecule has 2 aromatic heterocycles. The van der Waals surface area contributed by atoms with Gasteiger partial charge in [-0.25, -0.2) is 4.52 Å². The van der Waals surface area contributed by atoms with Gasteiger partial charge in [-0.1, -0.05) is 0 Å². The molecule has 0 saturated heterocycles. The fraction of sp³-hybridized carbons (Fsp3) is 0.462. The minimum absolute atomic E-state index is 0.110. The molecule has 2 rings (SSSR count). The summed E-state index contributed by atoms with van der Waals surface area (Å²) in [6.45, 7) is 10.1. The molecule has 0 bridgehead atoms. The average molecular weight is 243 g/mol. The molecule has 5 nitrogen and oxygen atoms in total. The van der Waals surface area contributed by atoms with Gasteiger partial charge in [-0.05, 0) is 46.2 Å². The molecule has 0 aliphatic carbocycles. The number of pyridine rings is 1. The second kappa shape index (κ2) is 3.98. The quantitative estimate of drug-likeness (QED) is 0.835. The number of aryl methyl sites for hydroxylation is 2. The van der Waals surface area contributed by atoms with E-state index in [1.807, 2.05) is 40.7 Å². The summed E-state index contributed by atoms with van der Waals surface area (Å²) in [4.78, 5) is 4.39. The van der Waals surface area contributed by atoms with Crippen molar-refractivity contribution in [2.75, 3.05) is 5.32 Å². The number of rotatable bonds is 1. The number of nitrogens with one attached hydrogen (secondary N) is 1. The number of fused-ring (bicyclic) bond motifs is 1. The molecule has 0 aliphatic rings. The van der Waals surface area contributed by atoms with Crippen molar-refractivity contribution < 1.29 is 0 Å². The molecule has 0 radical (unpaired) electrons. The van der Waals surface area contributed by atoms with Gasteiger partial charge in [0.1, 0.15) is 6.07 Å². The van der Waals surface area contributed by atoms with Gasteiger partial charge in [0, 0.05) is 11.2 Å². The molecule has 0 atom stereocenters. The number of nitriles is 1. The standard InChI is InChI=1S/C13H17N5/c1-8-6-10(7-14)11-15-12(16-13(3,4)5)17-18(11)9(8)2/h6H,1-5H3,(H,16,17). The van der Waals surface area contributed by atoms with E-state index in [0.29, 0.717) is 17.2 Å². The van der Waals surface area contributed by atoms with E-state index < -0.39 is 0 Å². The highest BCUT2D eigenvalue weighted by atomic mass is 15.4. The van der Waals surface area contributed by atoms with Crippen LogP contribution in [-0.4, -0.2) is 20.1 Å². The van der Waals surface area contributed by atoms with E-state index in [0.717, 1.165) is 11.3 Å². The van der Waals surface area contributed by atoms with Crippen LogP contribution in [0.15, 0.2) is 6.07 Å². The third-order valence-electron chi connectivity index (χ3n) is 2.70. The topological polar surface area (TPSA) is 66.0 Å². The van der Waals surface area contributed by atoms with Crippen molar-refractivity contribution >= 4 is 11.6 Å². The third kappa shape index (κ3) is 2.14. The van der Waals surface area contributed by atoms with Crippen LogP contribution in [0.4, 0.5) is 5.95 Å². The molecule has 18 heavy (non-hydrogen) atoms. The zero-order chi connectivity index (χ0) is 13.5. The first-order valence-corrected chi connectivity index (χ1v) is 5.87. The molecule has 94 valence electrons. The van der Waals surface area contributed by atoms with E-state index in [9.17, 15) is 0 Å². The van der Waals surface area contributed by atoms with Crippen molar-refractivity contribution in [3.05, 3.63) is 22.9 Å². The maximum atomic E-state index is 9.14. The van der Waals surface area contributed by atoms with Crippen LogP contribution in [0.3, 0.4) is 0 Å². The van der Waals surface area contributed by atoms with Gasteiger partial charge in [0.15, 0.2) is 5.65 Å². The monoisotopic (exact) mass is 243 g/mol. The van der Waals surface area contributed by atoms with E-state index >= 15 is 0 Å². The maximum Gasteiger partial charge on any atom is 0.243 e. The van der Waals surface area contributed by atoms with Gasteiger partial charge in [-0.15, -0.1) is 5.10 Å². The molecule has 2 heterocycles. The summed E-state index contributed by atoms with van der Waals surface area (Å²) in [5, 5.41) is 16.8. The number of nitrogens with zero attached hydrogens (tertiary/aromatic N) is 4. The fourth-order valence-corrected chi connectivity index (χ4v) is 1.74. The van der Waals surface area contributed by atoms with Gasteiger partial charge in [-0.2, -0.15) is 10.2 Å². The van der Waals surface area contributed by atoms with E-state index in [1.54, 1.807) is 4.52 Å². The first-order valence-electron chi connectivity index (χ1n) is 5.87. The van der Waals surface area contributed by atoms with E-state index in [-0.39, 0.29) is 5.54 Å². The summed E-state index contributed by atoms with van der Waals surface area (Å²) in [6.07, 6.45) is 0. The first-order chi connectivity index (χ1) is 8.31. The largest absolute Gasteiger partial charge is 0.348 e. The van der Waals surface area contributed by atoms with Gasteiger partial charge < -0.3 is 5.32 Å². The number of anilines is 1. The molecule has 0 fully saturated rings. The number of aromatic nitrogens is 3. The van der Waals surface area contributed by atoms with Crippen LogP contribution < -0.4 is 5.32 Å². The second-order valence-corrected chi connectivity index (χ2v) is 5.48. The summed E-state index contributed by atoms with van der Waals surface area (Å²) in [5.74, 6) is 0.549. The van der Waals surface area contributed by atoms with E-state index in [1.165, 1.54) is 0 Å². The van der Waals surface area contributed by atoms with E-state index in [4.69, 9.17) is 5.26 Å². The Morgan fingerprint density at radius 3 is 2.56 bits per heavy atom. The molecule has 5 heteroatoms. The molecule has 0 amide bonds. The van der Waals surface area contributed by atoms with Crippen LogP contribution in [0.5, 0.6) is 0 Å². The molecule has 0 aliphatic heterocycles. The Morgan fingerprint density at radius 2 is 2.00 bits per heavy atom. The normalized spacial score (nSPS) is 11.6. The lowest BCUT2D eigenvalue weighted by Gasteiger charge is -2.18. The van der Waals surface area contributed by atoms with Gasteiger partial charge in [-0.3, -0.25) is 0 Å². The average Bonchev–Trinajstić information content (AvgIpc) is 2.64. The minimum atomic E-state index is -0.110. The van der Waals surface area contributed by atoms with Crippen molar-refractivity contribution in [1.29, 1.82) is 5.26 Å². The lowest BCUT2D eigenvalue weighted by Crippen LogP contribution is -2.26. The van der Waals surface area contributed by atoms with Crippen LogP contribution in [0.25, 0.3) is 5.65 Å². The van der Waals surface area contributed by atoms with Gasteiger partial charge in [0.2, 0.25) is 5.95 Å². The van der Waals surface area contributed by atoms with Crippen molar-refractivity contribution in [2.24, 2.45) is 0 Å². The molecule has 0 unspecified atom stereocenters. The molecule has 2 aromatic rings. The number of hydrogen-bond donors (Lipinski definition) is 1. The lowest BCUT2D eigenvalue weighted by atomic mass is 10.1. The van der Waals surface area contributed by atoms with Gasteiger partial charge >= 0.3 is 0 Å². The highest BCUT2D eigenvalue weighted by Crippen LogP contribution is 2.18. The fourth-order valence-electron chi connectivity index (χ4n) is 1.74. The predicted octanol–water partition coefficient (Wildman–Crippen LogP) is 2.43. The Kier molecular flexibility index (Phi) is 2.74. The summed E-state index contributed by atoms with van der Waals surface area (Å²) < 4.78 is 1.72. The van der Waals surface area contributed by atoms with Crippen molar-refractivity contribution in [3.8, 4) is 6.07 Å². The molecule has 0 spiro atoms. The van der Waals surface area contributed by atoms with Gasteiger partial charge in [0.25, 0.3) is 0 Å².